The summed E-state index contributed by atoms with van der Waals surface area (Å²) in [5, 5.41) is 8.16. The lowest BCUT2D eigenvalue weighted by atomic mass is 10.2. The zero-order valence-electron chi connectivity index (χ0n) is 8.97. The average molecular weight is 328 g/mol. The topological polar surface area (TPSA) is 56.7 Å². The number of hydrogen-bond donors (Lipinski definition) is 1. The Hall–Kier alpha value is -0.950. The van der Waals surface area contributed by atoms with Crippen LogP contribution in [0.3, 0.4) is 0 Å². The summed E-state index contributed by atoms with van der Waals surface area (Å²) in [6.07, 6.45) is 2.75. The molecule has 0 bridgehead atoms. The third-order valence-electron chi connectivity index (χ3n) is 2.40. The molecule has 2 aromatic rings. The van der Waals surface area contributed by atoms with Crippen molar-refractivity contribution in [2.24, 2.45) is 5.73 Å². The van der Waals surface area contributed by atoms with E-state index in [4.69, 9.17) is 5.73 Å². The predicted molar refractivity (Wildman–Crippen MR) is 71.3 cm³/mol. The SMILES string of the molecule is CCC(N)c1cn(-c2cccc(I)c2)nn1. The highest BCUT2D eigenvalue weighted by molar-refractivity contribution is 14.1. The van der Waals surface area contributed by atoms with Gasteiger partial charge in [-0.15, -0.1) is 5.10 Å². The first-order valence-corrected chi connectivity index (χ1v) is 6.22. The van der Waals surface area contributed by atoms with Gasteiger partial charge in [0.15, 0.2) is 0 Å². The van der Waals surface area contributed by atoms with Gasteiger partial charge in [0.25, 0.3) is 0 Å². The molecule has 0 fully saturated rings. The molecule has 1 atom stereocenters. The van der Waals surface area contributed by atoms with E-state index in [9.17, 15) is 0 Å². The van der Waals surface area contributed by atoms with E-state index in [-0.39, 0.29) is 6.04 Å². The van der Waals surface area contributed by atoms with E-state index in [2.05, 4.69) is 39.0 Å². The molecule has 0 saturated carbocycles. The fourth-order valence-corrected chi connectivity index (χ4v) is 1.93. The number of hydrogen-bond acceptors (Lipinski definition) is 3. The van der Waals surface area contributed by atoms with Gasteiger partial charge in [-0.1, -0.05) is 18.2 Å². The van der Waals surface area contributed by atoms with Crippen molar-refractivity contribution in [3.8, 4) is 5.69 Å². The van der Waals surface area contributed by atoms with Crippen molar-refractivity contribution in [2.45, 2.75) is 19.4 Å². The van der Waals surface area contributed by atoms with Gasteiger partial charge in [-0.3, -0.25) is 0 Å². The Labute approximate surface area is 108 Å². The largest absolute Gasteiger partial charge is 0.323 e. The second kappa shape index (κ2) is 4.92. The normalized spacial score (nSPS) is 12.7. The van der Waals surface area contributed by atoms with Crippen LogP contribution in [0.5, 0.6) is 0 Å². The van der Waals surface area contributed by atoms with Crippen molar-refractivity contribution in [1.29, 1.82) is 0 Å². The molecule has 0 radical (unpaired) electrons. The molecule has 16 heavy (non-hydrogen) atoms. The standard InChI is InChI=1S/C11H13IN4/c1-2-10(13)11-7-16(15-14-11)9-5-3-4-8(12)6-9/h3-7,10H,2,13H2,1H3. The zero-order chi connectivity index (χ0) is 11.5. The minimum absolute atomic E-state index is 0.0310. The fourth-order valence-electron chi connectivity index (χ4n) is 1.40. The van der Waals surface area contributed by atoms with Crippen LogP contribution in [0.2, 0.25) is 0 Å². The van der Waals surface area contributed by atoms with E-state index in [1.54, 1.807) is 4.68 Å². The second-order valence-corrected chi connectivity index (χ2v) is 4.83. The van der Waals surface area contributed by atoms with E-state index in [1.165, 1.54) is 3.57 Å². The smallest absolute Gasteiger partial charge is 0.0998 e. The number of halogens is 1. The van der Waals surface area contributed by atoms with Crippen molar-refractivity contribution >= 4 is 22.6 Å². The molecule has 1 aromatic carbocycles. The van der Waals surface area contributed by atoms with Crippen molar-refractivity contribution < 1.29 is 0 Å². The lowest BCUT2D eigenvalue weighted by Crippen LogP contribution is -2.08. The first kappa shape index (κ1) is 11.5. The molecule has 1 heterocycles. The van der Waals surface area contributed by atoms with Crippen LogP contribution in [0.1, 0.15) is 25.1 Å². The van der Waals surface area contributed by atoms with Gasteiger partial charge in [-0.25, -0.2) is 4.68 Å². The van der Waals surface area contributed by atoms with Crippen molar-refractivity contribution in [3.63, 3.8) is 0 Å². The van der Waals surface area contributed by atoms with Gasteiger partial charge in [0.1, 0.15) is 0 Å². The molecule has 5 heteroatoms. The quantitative estimate of drug-likeness (QED) is 0.880. The van der Waals surface area contributed by atoms with E-state index in [0.717, 1.165) is 17.8 Å². The van der Waals surface area contributed by atoms with Crippen LogP contribution >= 0.6 is 22.6 Å². The third kappa shape index (κ3) is 2.41. The van der Waals surface area contributed by atoms with Gasteiger partial charge in [-0.2, -0.15) is 0 Å². The molecule has 0 aliphatic rings. The third-order valence-corrected chi connectivity index (χ3v) is 3.07. The highest BCUT2D eigenvalue weighted by atomic mass is 127. The minimum atomic E-state index is -0.0310. The van der Waals surface area contributed by atoms with E-state index in [0.29, 0.717) is 0 Å². The molecule has 1 aromatic heterocycles. The summed E-state index contributed by atoms with van der Waals surface area (Å²) in [4.78, 5) is 0. The van der Waals surface area contributed by atoms with E-state index >= 15 is 0 Å². The summed E-state index contributed by atoms with van der Waals surface area (Å²) in [5.74, 6) is 0. The van der Waals surface area contributed by atoms with Crippen LogP contribution in [0.15, 0.2) is 30.5 Å². The Morgan fingerprint density at radius 3 is 3.00 bits per heavy atom. The molecule has 0 saturated heterocycles. The minimum Gasteiger partial charge on any atom is -0.323 e. The van der Waals surface area contributed by atoms with Gasteiger partial charge < -0.3 is 5.73 Å². The summed E-state index contributed by atoms with van der Waals surface area (Å²) in [6.45, 7) is 2.04. The molecular formula is C11H13IN4. The van der Waals surface area contributed by atoms with Crippen molar-refractivity contribution in [1.82, 2.24) is 15.0 Å². The highest BCUT2D eigenvalue weighted by Gasteiger charge is 2.08. The maximum Gasteiger partial charge on any atom is 0.0998 e. The number of rotatable bonds is 3. The first-order valence-electron chi connectivity index (χ1n) is 5.14. The molecule has 0 aliphatic heterocycles. The molecule has 2 rings (SSSR count). The van der Waals surface area contributed by atoms with Crippen LogP contribution in [-0.4, -0.2) is 15.0 Å². The molecule has 4 nitrogen and oxygen atoms in total. The van der Waals surface area contributed by atoms with E-state index < -0.39 is 0 Å². The maximum absolute atomic E-state index is 5.90. The molecule has 2 N–H and O–H groups in total. The summed E-state index contributed by atoms with van der Waals surface area (Å²) < 4.78 is 2.93. The van der Waals surface area contributed by atoms with Crippen LogP contribution in [0.25, 0.3) is 5.69 Å². The fraction of sp³-hybridized carbons (Fsp3) is 0.273. The lowest BCUT2D eigenvalue weighted by Gasteiger charge is -2.02. The Morgan fingerprint density at radius 1 is 1.50 bits per heavy atom. The number of aromatic nitrogens is 3. The molecule has 0 spiro atoms. The summed E-state index contributed by atoms with van der Waals surface area (Å²) >= 11 is 2.27. The average Bonchev–Trinajstić information content (AvgIpc) is 2.77. The van der Waals surface area contributed by atoms with Gasteiger partial charge >= 0.3 is 0 Å². The van der Waals surface area contributed by atoms with Gasteiger partial charge in [-0.05, 0) is 47.2 Å². The van der Waals surface area contributed by atoms with Crippen LogP contribution < -0.4 is 5.73 Å². The second-order valence-electron chi connectivity index (χ2n) is 3.58. The van der Waals surface area contributed by atoms with Gasteiger partial charge in [0.2, 0.25) is 0 Å². The van der Waals surface area contributed by atoms with Gasteiger partial charge in [0.05, 0.1) is 23.6 Å². The lowest BCUT2D eigenvalue weighted by molar-refractivity contribution is 0.670. The maximum atomic E-state index is 5.90. The number of nitrogens with two attached hydrogens (primary N) is 1. The van der Waals surface area contributed by atoms with Crippen molar-refractivity contribution in [2.75, 3.05) is 0 Å². The van der Waals surface area contributed by atoms with Crippen molar-refractivity contribution in [3.05, 3.63) is 39.7 Å². The molecular weight excluding hydrogens is 315 g/mol. The molecule has 84 valence electrons. The summed E-state index contributed by atoms with van der Waals surface area (Å²) in [7, 11) is 0. The molecule has 0 amide bonds. The summed E-state index contributed by atoms with van der Waals surface area (Å²) in [6, 6.07) is 8.06. The number of nitrogens with zero attached hydrogens (tertiary/aromatic N) is 3. The van der Waals surface area contributed by atoms with Crippen LogP contribution in [0.4, 0.5) is 0 Å². The van der Waals surface area contributed by atoms with Gasteiger partial charge in [0, 0.05) is 3.57 Å². The zero-order valence-corrected chi connectivity index (χ0v) is 11.1. The van der Waals surface area contributed by atoms with Crippen LogP contribution in [0, 0.1) is 3.57 Å². The van der Waals surface area contributed by atoms with E-state index in [1.807, 2.05) is 31.3 Å². The monoisotopic (exact) mass is 328 g/mol. The molecule has 1 unspecified atom stereocenters. The number of benzene rings is 1. The Bertz CT molecular complexity index is 480. The summed E-state index contributed by atoms with van der Waals surface area (Å²) in [5.41, 5.74) is 7.74. The first-order chi connectivity index (χ1) is 7.70. The Balaban J connectivity index is 2.31. The molecule has 0 aliphatic carbocycles. The predicted octanol–water partition coefficient (Wildman–Crippen LogP) is 2.28. The van der Waals surface area contributed by atoms with Crippen LogP contribution in [-0.2, 0) is 0 Å². The Kier molecular flexibility index (Phi) is 3.55. The Morgan fingerprint density at radius 2 is 2.31 bits per heavy atom. The highest BCUT2D eigenvalue weighted by Crippen LogP contribution is 2.14.